The SMILES string of the molecule is O=c1ccn(OC(c2ccccc2)c2ccccc2)cc1. The maximum absolute atomic E-state index is 11.2. The molecule has 0 N–H and O–H groups in total. The van der Waals surface area contributed by atoms with Gasteiger partial charge >= 0.3 is 0 Å². The van der Waals surface area contributed by atoms with Crippen LogP contribution in [0.3, 0.4) is 0 Å². The lowest BCUT2D eigenvalue weighted by Crippen LogP contribution is -2.20. The molecule has 0 saturated carbocycles. The summed E-state index contributed by atoms with van der Waals surface area (Å²) in [6.07, 6.45) is 3.03. The van der Waals surface area contributed by atoms with Gasteiger partial charge in [-0.25, -0.2) is 0 Å². The summed E-state index contributed by atoms with van der Waals surface area (Å²) in [7, 11) is 0. The zero-order valence-electron chi connectivity index (χ0n) is 11.4. The van der Waals surface area contributed by atoms with Crippen molar-refractivity contribution in [2.24, 2.45) is 0 Å². The van der Waals surface area contributed by atoms with Crippen LogP contribution in [0.5, 0.6) is 0 Å². The monoisotopic (exact) mass is 277 g/mol. The van der Waals surface area contributed by atoms with Gasteiger partial charge in [0.15, 0.2) is 11.5 Å². The molecule has 0 saturated heterocycles. The van der Waals surface area contributed by atoms with Crippen LogP contribution in [0.2, 0.25) is 0 Å². The van der Waals surface area contributed by atoms with Crippen molar-refractivity contribution in [2.75, 3.05) is 0 Å². The molecule has 0 aliphatic heterocycles. The molecule has 3 rings (SSSR count). The van der Waals surface area contributed by atoms with Gasteiger partial charge in [0.2, 0.25) is 0 Å². The molecule has 0 aliphatic carbocycles. The van der Waals surface area contributed by atoms with Crippen molar-refractivity contribution in [1.29, 1.82) is 0 Å². The number of hydrogen-bond donors (Lipinski definition) is 0. The average molecular weight is 277 g/mol. The predicted molar refractivity (Wildman–Crippen MR) is 82.0 cm³/mol. The molecule has 0 fully saturated rings. The van der Waals surface area contributed by atoms with Gasteiger partial charge in [0.25, 0.3) is 0 Å². The summed E-state index contributed by atoms with van der Waals surface area (Å²) >= 11 is 0. The highest BCUT2D eigenvalue weighted by Gasteiger charge is 2.15. The minimum Gasteiger partial charge on any atom is -0.401 e. The van der Waals surface area contributed by atoms with Crippen molar-refractivity contribution in [3.05, 3.63) is 107 Å². The second kappa shape index (κ2) is 6.09. The molecule has 0 amide bonds. The highest BCUT2D eigenvalue weighted by molar-refractivity contribution is 5.29. The lowest BCUT2D eigenvalue weighted by molar-refractivity contribution is 0.0594. The lowest BCUT2D eigenvalue weighted by atomic mass is 10.0. The Kier molecular flexibility index (Phi) is 3.83. The largest absolute Gasteiger partial charge is 0.401 e. The highest BCUT2D eigenvalue weighted by atomic mass is 16.7. The normalized spacial score (nSPS) is 10.5. The van der Waals surface area contributed by atoms with Crippen LogP contribution in [0.1, 0.15) is 17.2 Å². The molecular formula is C18H15NO2. The zero-order valence-corrected chi connectivity index (χ0v) is 11.4. The second-order valence-electron chi connectivity index (χ2n) is 4.70. The third-order valence-electron chi connectivity index (χ3n) is 3.20. The smallest absolute Gasteiger partial charge is 0.181 e. The quantitative estimate of drug-likeness (QED) is 0.734. The van der Waals surface area contributed by atoms with Gasteiger partial charge < -0.3 is 4.84 Å². The van der Waals surface area contributed by atoms with Crippen molar-refractivity contribution in [2.45, 2.75) is 6.10 Å². The van der Waals surface area contributed by atoms with Crippen LogP contribution in [-0.2, 0) is 0 Å². The van der Waals surface area contributed by atoms with Gasteiger partial charge in [-0.15, -0.1) is 0 Å². The van der Waals surface area contributed by atoms with Crippen molar-refractivity contribution in [3.63, 3.8) is 0 Å². The molecule has 0 radical (unpaired) electrons. The van der Waals surface area contributed by atoms with E-state index in [0.717, 1.165) is 11.1 Å². The maximum Gasteiger partial charge on any atom is 0.181 e. The summed E-state index contributed by atoms with van der Waals surface area (Å²) in [6, 6.07) is 23.0. The van der Waals surface area contributed by atoms with Crippen molar-refractivity contribution in [3.8, 4) is 0 Å². The van der Waals surface area contributed by atoms with Gasteiger partial charge in [-0.2, -0.15) is 4.73 Å². The van der Waals surface area contributed by atoms with E-state index in [2.05, 4.69) is 0 Å². The number of aromatic nitrogens is 1. The van der Waals surface area contributed by atoms with Crippen LogP contribution in [-0.4, -0.2) is 4.73 Å². The van der Waals surface area contributed by atoms with Gasteiger partial charge in [0.1, 0.15) is 0 Å². The van der Waals surface area contributed by atoms with E-state index in [1.165, 1.54) is 12.1 Å². The number of benzene rings is 2. The van der Waals surface area contributed by atoms with Crippen LogP contribution in [0, 0.1) is 0 Å². The molecule has 21 heavy (non-hydrogen) atoms. The fourth-order valence-electron chi connectivity index (χ4n) is 2.16. The van der Waals surface area contributed by atoms with E-state index in [0.29, 0.717) is 0 Å². The van der Waals surface area contributed by atoms with Crippen LogP contribution in [0.4, 0.5) is 0 Å². The van der Waals surface area contributed by atoms with Gasteiger partial charge in [-0.3, -0.25) is 4.79 Å². The number of hydrogen-bond acceptors (Lipinski definition) is 2. The Hall–Kier alpha value is -2.81. The first-order chi connectivity index (χ1) is 10.3. The number of pyridine rings is 1. The molecule has 3 aromatic rings. The zero-order chi connectivity index (χ0) is 14.5. The van der Waals surface area contributed by atoms with E-state index in [9.17, 15) is 4.79 Å². The molecule has 2 aromatic carbocycles. The van der Waals surface area contributed by atoms with E-state index < -0.39 is 0 Å². The van der Waals surface area contributed by atoms with Crippen molar-refractivity contribution >= 4 is 0 Å². The van der Waals surface area contributed by atoms with Crippen molar-refractivity contribution < 1.29 is 4.84 Å². The molecule has 0 bridgehead atoms. The molecule has 1 heterocycles. The van der Waals surface area contributed by atoms with E-state index in [4.69, 9.17) is 4.84 Å². The van der Waals surface area contributed by atoms with Gasteiger partial charge in [-0.1, -0.05) is 60.7 Å². The third kappa shape index (κ3) is 3.20. The molecule has 0 atom stereocenters. The summed E-state index contributed by atoms with van der Waals surface area (Å²) < 4.78 is 1.56. The van der Waals surface area contributed by atoms with E-state index in [-0.39, 0.29) is 11.5 Å². The minimum absolute atomic E-state index is 0.0363. The standard InChI is InChI=1S/C18H15NO2/c20-17-11-13-19(14-12-17)21-18(15-7-3-1-4-8-15)16-9-5-2-6-10-16/h1-14,18H. The van der Waals surface area contributed by atoms with E-state index >= 15 is 0 Å². The Morgan fingerprint density at radius 1 is 0.714 bits per heavy atom. The molecule has 0 unspecified atom stereocenters. The third-order valence-corrected chi connectivity index (χ3v) is 3.20. The molecule has 0 spiro atoms. The Labute approximate surface area is 123 Å². The van der Waals surface area contributed by atoms with Gasteiger partial charge in [0, 0.05) is 24.5 Å². The maximum atomic E-state index is 11.2. The molecule has 3 nitrogen and oxygen atoms in total. The summed E-state index contributed by atoms with van der Waals surface area (Å²) in [4.78, 5) is 17.2. The van der Waals surface area contributed by atoms with Crippen LogP contribution < -0.4 is 10.3 Å². The molecule has 1 aromatic heterocycles. The first kappa shape index (κ1) is 13.2. The second-order valence-corrected chi connectivity index (χ2v) is 4.70. The first-order valence-corrected chi connectivity index (χ1v) is 6.78. The Morgan fingerprint density at radius 3 is 1.67 bits per heavy atom. The lowest BCUT2D eigenvalue weighted by Gasteiger charge is -2.20. The number of rotatable bonds is 4. The minimum atomic E-state index is -0.227. The van der Waals surface area contributed by atoms with E-state index in [1.807, 2.05) is 60.7 Å². The fourth-order valence-corrected chi connectivity index (χ4v) is 2.16. The summed E-state index contributed by atoms with van der Waals surface area (Å²) in [5.74, 6) is 0. The molecular weight excluding hydrogens is 262 g/mol. The predicted octanol–water partition coefficient (Wildman–Crippen LogP) is 3.07. The van der Waals surface area contributed by atoms with Crippen LogP contribution in [0.25, 0.3) is 0 Å². The summed E-state index contributed by atoms with van der Waals surface area (Å²) in [5.41, 5.74) is 2.08. The molecule has 104 valence electrons. The summed E-state index contributed by atoms with van der Waals surface area (Å²) in [6.45, 7) is 0. The first-order valence-electron chi connectivity index (χ1n) is 6.78. The molecule has 0 aliphatic rings. The van der Waals surface area contributed by atoms with Crippen LogP contribution in [0.15, 0.2) is 90.0 Å². The van der Waals surface area contributed by atoms with Gasteiger partial charge in [-0.05, 0) is 11.1 Å². The highest BCUT2D eigenvalue weighted by Crippen LogP contribution is 2.23. The average Bonchev–Trinajstić information content (AvgIpc) is 2.56. The Bertz CT molecular complexity index is 691. The molecule has 3 heteroatoms. The van der Waals surface area contributed by atoms with Crippen molar-refractivity contribution in [1.82, 2.24) is 4.73 Å². The number of nitrogens with zero attached hydrogens (tertiary/aromatic N) is 1. The topological polar surface area (TPSA) is 31.2 Å². The Morgan fingerprint density at radius 2 is 1.19 bits per heavy atom. The van der Waals surface area contributed by atoms with E-state index in [1.54, 1.807) is 17.1 Å². The van der Waals surface area contributed by atoms with Gasteiger partial charge in [0.05, 0.1) is 0 Å². The Balaban J connectivity index is 1.97. The van der Waals surface area contributed by atoms with Crippen LogP contribution >= 0.6 is 0 Å². The summed E-state index contributed by atoms with van der Waals surface area (Å²) in [5, 5.41) is 0. The fraction of sp³-hybridized carbons (Fsp3) is 0.0556.